The number of hydrogen-bond donors (Lipinski definition) is 1. The van der Waals surface area contributed by atoms with Gasteiger partial charge in [0.2, 0.25) is 0 Å². The Morgan fingerprint density at radius 3 is 2.52 bits per heavy atom. The molecule has 4 rings (SSSR count). The molecule has 0 saturated carbocycles. The number of benzene rings is 2. The summed E-state index contributed by atoms with van der Waals surface area (Å²) in [6.07, 6.45) is 4.75. The first-order valence-electron chi connectivity index (χ1n) is 7.08. The fourth-order valence-electron chi connectivity index (χ4n) is 2.64. The molecule has 2 aromatic heterocycles. The number of nitrogens with one attached hydrogen (secondary N) is 1. The zero-order chi connectivity index (χ0) is 15.9. The van der Waals surface area contributed by atoms with Gasteiger partial charge in [0, 0.05) is 35.1 Å². The largest absolute Gasteiger partial charge is 0.360 e. The van der Waals surface area contributed by atoms with Crippen molar-refractivity contribution in [2.24, 2.45) is 0 Å². The van der Waals surface area contributed by atoms with E-state index in [2.05, 4.69) is 9.97 Å². The smallest absolute Gasteiger partial charge is 0.269 e. The van der Waals surface area contributed by atoms with Crippen molar-refractivity contribution in [3.63, 3.8) is 0 Å². The van der Waals surface area contributed by atoms with E-state index in [0.717, 1.165) is 16.5 Å². The molecule has 1 N–H and O–H groups in total. The molecule has 0 radical (unpaired) electrons. The minimum atomic E-state index is -3.68. The van der Waals surface area contributed by atoms with Gasteiger partial charge in [0.1, 0.15) is 0 Å². The van der Waals surface area contributed by atoms with Gasteiger partial charge < -0.3 is 4.98 Å². The van der Waals surface area contributed by atoms with Crippen LogP contribution in [0, 0.1) is 0 Å². The van der Waals surface area contributed by atoms with E-state index in [9.17, 15) is 8.42 Å². The summed E-state index contributed by atoms with van der Waals surface area (Å²) >= 11 is 0. The summed E-state index contributed by atoms with van der Waals surface area (Å²) in [5, 5.41) is 0.934. The maximum Gasteiger partial charge on any atom is 0.269 e. The van der Waals surface area contributed by atoms with Gasteiger partial charge in [-0.1, -0.05) is 36.4 Å². The Morgan fingerprint density at radius 2 is 1.70 bits per heavy atom. The number of para-hydroxylation sites is 1. The summed E-state index contributed by atoms with van der Waals surface area (Å²) in [5.41, 5.74) is 1.69. The lowest BCUT2D eigenvalue weighted by Gasteiger charge is -2.08. The van der Waals surface area contributed by atoms with E-state index < -0.39 is 10.0 Å². The monoisotopic (exact) mass is 323 g/mol. The van der Waals surface area contributed by atoms with E-state index in [-0.39, 0.29) is 4.90 Å². The van der Waals surface area contributed by atoms with Crippen LogP contribution in [0.15, 0.2) is 78.1 Å². The normalized spacial score (nSPS) is 11.8. The van der Waals surface area contributed by atoms with E-state index in [1.807, 2.05) is 24.3 Å². The summed E-state index contributed by atoms with van der Waals surface area (Å²) in [7, 11) is -3.68. The molecule has 0 aliphatic heterocycles. The third-order valence-corrected chi connectivity index (χ3v) is 5.42. The minimum absolute atomic E-state index is 0.235. The molecule has 0 amide bonds. The molecule has 6 heteroatoms. The molecule has 0 unspecified atom stereocenters. The Bertz CT molecular complexity index is 1080. The second-order valence-corrected chi connectivity index (χ2v) is 6.93. The Kier molecular flexibility index (Phi) is 3.06. The SMILES string of the molecule is O=S(=O)(c1ccccc1)n1ccnc1-c1c[nH]c2ccccc12. The van der Waals surface area contributed by atoms with E-state index in [0.29, 0.717) is 5.82 Å². The van der Waals surface area contributed by atoms with Crippen molar-refractivity contribution in [3.05, 3.63) is 73.2 Å². The van der Waals surface area contributed by atoms with Crippen LogP contribution in [0.5, 0.6) is 0 Å². The van der Waals surface area contributed by atoms with Crippen molar-refractivity contribution < 1.29 is 8.42 Å². The van der Waals surface area contributed by atoms with Gasteiger partial charge in [0.05, 0.1) is 4.90 Å². The third-order valence-electron chi connectivity index (χ3n) is 3.74. The van der Waals surface area contributed by atoms with Gasteiger partial charge in [0.25, 0.3) is 10.0 Å². The molecule has 0 saturated heterocycles. The summed E-state index contributed by atoms with van der Waals surface area (Å²) in [6, 6.07) is 16.1. The maximum atomic E-state index is 12.9. The molecule has 0 aliphatic rings. The quantitative estimate of drug-likeness (QED) is 0.629. The lowest BCUT2D eigenvalue weighted by atomic mass is 10.2. The average Bonchev–Trinajstić information content (AvgIpc) is 3.22. The molecule has 0 spiro atoms. The number of fused-ring (bicyclic) bond motifs is 1. The Balaban J connectivity index is 1.93. The molecule has 4 aromatic rings. The first-order chi connectivity index (χ1) is 11.2. The van der Waals surface area contributed by atoms with Crippen molar-refractivity contribution in [2.45, 2.75) is 4.90 Å². The van der Waals surface area contributed by atoms with Crippen LogP contribution < -0.4 is 0 Å². The molecule has 114 valence electrons. The number of hydrogen-bond acceptors (Lipinski definition) is 3. The summed E-state index contributed by atoms with van der Waals surface area (Å²) < 4.78 is 26.9. The second-order valence-electron chi connectivity index (χ2n) is 5.11. The Labute approximate surface area is 133 Å². The van der Waals surface area contributed by atoms with Crippen molar-refractivity contribution >= 4 is 20.9 Å². The molecule has 0 atom stereocenters. The highest BCUT2D eigenvalue weighted by molar-refractivity contribution is 7.90. The summed E-state index contributed by atoms with van der Waals surface area (Å²) in [4.78, 5) is 7.65. The number of imidazole rings is 1. The lowest BCUT2D eigenvalue weighted by molar-refractivity contribution is 0.588. The van der Waals surface area contributed by atoms with Gasteiger partial charge in [-0.05, 0) is 18.2 Å². The van der Waals surface area contributed by atoms with Crippen molar-refractivity contribution in [2.75, 3.05) is 0 Å². The lowest BCUT2D eigenvalue weighted by Crippen LogP contribution is -2.13. The molecule has 0 fully saturated rings. The van der Waals surface area contributed by atoms with Crippen LogP contribution in [0.1, 0.15) is 0 Å². The highest BCUT2D eigenvalue weighted by atomic mass is 32.2. The molecule has 2 aromatic carbocycles. The molecular formula is C17H13N3O2S. The Hall–Kier alpha value is -2.86. The molecule has 2 heterocycles. The average molecular weight is 323 g/mol. The molecule has 23 heavy (non-hydrogen) atoms. The van der Waals surface area contributed by atoms with Crippen LogP contribution in [0.4, 0.5) is 0 Å². The third kappa shape index (κ3) is 2.15. The maximum absolute atomic E-state index is 12.9. The van der Waals surface area contributed by atoms with Gasteiger partial charge in [-0.3, -0.25) is 0 Å². The molecule has 5 nitrogen and oxygen atoms in total. The Morgan fingerprint density at radius 1 is 0.957 bits per heavy atom. The van der Waals surface area contributed by atoms with Gasteiger partial charge in [-0.25, -0.2) is 17.4 Å². The van der Waals surface area contributed by atoms with E-state index >= 15 is 0 Å². The van der Waals surface area contributed by atoms with E-state index in [1.165, 1.54) is 16.4 Å². The van der Waals surface area contributed by atoms with Gasteiger partial charge in [-0.2, -0.15) is 0 Å². The molecular weight excluding hydrogens is 310 g/mol. The van der Waals surface area contributed by atoms with E-state index in [4.69, 9.17) is 0 Å². The van der Waals surface area contributed by atoms with Crippen LogP contribution in [-0.2, 0) is 10.0 Å². The number of H-pyrrole nitrogens is 1. The fraction of sp³-hybridized carbons (Fsp3) is 0. The minimum Gasteiger partial charge on any atom is -0.360 e. The zero-order valence-corrected chi connectivity index (χ0v) is 12.9. The zero-order valence-electron chi connectivity index (χ0n) is 12.0. The predicted molar refractivity (Wildman–Crippen MR) is 88.5 cm³/mol. The van der Waals surface area contributed by atoms with E-state index in [1.54, 1.807) is 36.5 Å². The summed E-state index contributed by atoms with van der Waals surface area (Å²) in [5.74, 6) is 0.395. The number of rotatable bonds is 3. The van der Waals surface area contributed by atoms with Crippen LogP contribution in [0.25, 0.3) is 22.3 Å². The number of aromatic amines is 1. The van der Waals surface area contributed by atoms with Crippen LogP contribution >= 0.6 is 0 Å². The first-order valence-corrected chi connectivity index (χ1v) is 8.52. The highest BCUT2D eigenvalue weighted by Crippen LogP contribution is 2.29. The number of aromatic nitrogens is 3. The van der Waals surface area contributed by atoms with Crippen molar-refractivity contribution in [3.8, 4) is 11.4 Å². The van der Waals surface area contributed by atoms with Gasteiger partial charge >= 0.3 is 0 Å². The predicted octanol–water partition coefficient (Wildman–Crippen LogP) is 3.27. The van der Waals surface area contributed by atoms with Gasteiger partial charge in [0.15, 0.2) is 5.82 Å². The summed E-state index contributed by atoms with van der Waals surface area (Å²) in [6.45, 7) is 0. The van der Waals surface area contributed by atoms with Crippen molar-refractivity contribution in [1.82, 2.24) is 13.9 Å². The van der Waals surface area contributed by atoms with Gasteiger partial charge in [-0.15, -0.1) is 0 Å². The fourth-order valence-corrected chi connectivity index (χ4v) is 3.95. The number of nitrogens with zero attached hydrogens (tertiary/aromatic N) is 2. The first kappa shape index (κ1) is 13.8. The molecule has 0 aliphatic carbocycles. The van der Waals surface area contributed by atoms with Crippen LogP contribution in [-0.4, -0.2) is 22.4 Å². The van der Waals surface area contributed by atoms with Crippen LogP contribution in [0.2, 0.25) is 0 Å². The highest BCUT2D eigenvalue weighted by Gasteiger charge is 2.22. The van der Waals surface area contributed by atoms with Crippen LogP contribution in [0.3, 0.4) is 0 Å². The topological polar surface area (TPSA) is 67.8 Å². The standard InChI is InChI=1S/C17H13N3O2S/c21-23(22,13-6-2-1-3-7-13)20-11-10-18-17(20)15-12-19-16-9-5-4-8-14(15)16/h1-12,19H. The van der Waals surface area contributed by atoms with Crippen molar-refractivity contribution in [1.29, 1.82) is 0 Å². The molecule has 0 bridgehead atoms. The second kappa shape index (κ2) is 5.10.